The minimum Gasteiger partial charge on any atom is -0.868 e. The molecule has 6 aliphatic rings. The van der Waals surface area contributed by atoms with Gasteiger partial charge in [-0.3, -0.25) is 4.79 Å². The molecule has 0 aromatic rings. The van der Waals surface area contributed by atoms with Gasteiger partial charge in [-0.15, -0.1) is 0 Å². The summed E-state index contributed by atoms with van der Waals surface area (Å²) in [6.07, 6.45) is 10.7. The van der Waals surface area contributed by atoms with Crippen LogP contribution in [0.2, 0.25) is 0 Å². The Labute approximate surface area is 253 Å². The van der Waals surface area contributed by atoms with Gasteiger partial charge < -0.3 is 24.8 Å². The van der Waals surface area contributed by atoms with Gasteiger partial charge in [-0.25, -0.2) is 0 Å². The predicted octanol–water partition coefficient (Wildman–Crippen LogP) is 6.04. The second kappa shape index (κ2) is 9.57. The number of Topliss-reactive ketones (excluding diaryl/α,β-unsaturated/α-hetero) is 1. The number of fused-ring (bicyclic) bond motifs is 7. The number of rotatable bonds is 3. The van der Waals surface area contributed by atoms with Gasteiger partial charge in [0, 0.05) is 10.8 Å². The molecule has 1 aliphatic heterocycles. The van der Waals surface area contributed by atoms with Crippen LogP contribution in [-0.2, 0) is 14.3 Å². The third-order valence-electron chi connectivity index (χ3n) is 14.8. The van der Waals surface area contributed by atoms with Crippen LogP contribution in [0, 0.1) is 50.2 Å². The van der Waals surface area contributed by atoms with Crippen LogP contribution in [0.1, 0.15) is 120 Å². The van der Waals surface area contributed by atoms with E-state index in [1.807, 2.05) is 0 Å². The molecule has 0 aromatic heterocycles. The maximum absolute atomic E-state index is 12.4. The van der Waals surface area contributed by atoms with E-state index in [-0.39, 0.29) is 52.0 Å². The highest BCUT2D eigenvalue weighted by molar-refractivity contribution is 5.93. The smallest absolute Gasteiger partial charge is 0.206 e. The van der Waals surface area contributed by atoms with Crippen LogP contribution in [0.15, 0.2) is 23.2 Å². The first kappa shape index (κ1) is 30.6. The van der Waals surface area contributed by atoms with E-state index in [9.17, 15) is 20.1 Å². The summed E-state index contributed by atoms with van der Waals surface area (Å²) in [6.45, 7) is 18.5. The first-order valence-corrected chi connectivity index (χ1v) is 16.7. The van der Waals surface area contributed by atoms with E-state index in [0.717, 1.165) is 57.8 Å². The van der Waals surface area contributed by atoms with Crippen molar-refractivity contribution >= 4 is 5.78 Å². The van der Waals surface area contributed by atoms with Crippen LogP contribution >= 0.6 is 0 Å². The average molecular weight is 584 g/mol. The molecule has 0 bridgehead atoms. The first-order valence-electron chi connectivity index (χ1n) is 16.7. The third kappa shape index (κ3) is 4.02. The second-order valence-corrected chi connectivity index (χ2v) is 17.3. The first-order chi connectivity index (χ1) is 19.4. The lowest BCUT2D eigenvalue weighted by molar-refractivity contribution is -0.313. The zero-order chi connectivity index (χ0) is 30.7. The van der Waals surface area contributed by atoms with Crippen molar-refractivity contribution in [2.24, 2.45) is 50.2 Å². The Balaban J connectivity index is 1.35. The number of aliphatic hydroxyl groups excluding tert-OH is 2. The summed E-state index contributed by atoms with van der Waals surface area (Å²) in [4.78, 5) is 12.4. The summed E-state index contributed by atoms with van der Waals surface area (Å²) in [7, 11) is 0. The number of ketones is 1. The fourth-order valence-corrected chi connectivity index (χ4v) is 11.9. The molecule has 6 nitrogen and oxygen atoms in total. The molecule has 236 valence electrons. The van der Waals surface area contributed by atoms with Crippen molar-refractivity contribution in [3.05, 3.63) is 23.2 Å². The molecule has 42 heavy (non-hydrogen) atoms. The van der Waals surface area contributed by atoms with E-state index in [4.69, 9.17) is 9.47 Å². The van der Waals surface area contributed by atoms with E-state index in [2.05, 4.69) is 54.5 Å². The Morgan fingerprint density at radius 1 is 0.976 bits per heavy atom. The van der Waals surface area contributed by atoms with Crippen LogP contribution < -0.4 is 5.11 Å². The fraction of sp³-hybridized carbons (Fsp3) is 0.861. The number of hydrogen-bond acceptors (Lipinski definition) is 6. The Bertz CT molecular complexity index is 1200. The van der Waals surface area contributed by atoms with Crippen LogP contribution in [0.5, 0.6) is 0 Å². The second-order valence-electron chi connectivity index (χ2n) is 17.3. The van der Waals surface area contributed by atoms with Crippen molar-refractivity contribution in [2.75, 3.05) is 6.61 Å². The Kier molecular flexibility index (Phi) is 6.98. The lowest BCUT2D eigenvalue weighted by atomic mass is 9.33. The van der Waals surface area contributed by atoms with E-state index in [1.165, 1.54) is 0 Å². The largest absolute Gasteiger partial charge is 0.868 e. The molecule has 0 amide bonds. The van der Waals surface area contributed by atoms with Gasteiger partial charge in [0.05, 0.1) is 31.0 Å². The molecule has 2 N–H and O–H groups in total. The number of ether oxygens (including phenoxy) is 2. The summed E-state index contributed by atoms with van der Waals surface area (Å²) in [5.74, 6) is 0.427. The molecule has 5 aliphatic carbocycles. The van der Waals surface area contributed by atoms with Crippen LogP contribution in [0.3, 0.4) is 0 Å². The molecule has 11 atom stereocenters. The zero-order valence-electron chi connectivity index (χ0n) is 27.3. The van der Waals surface area contributed by atoms with Gasteiger partial charge in [-0.1, -0.05) is 60.1 Å². The quantitative estimate of drug-likeness (QED) is 0.393. The van der Waals surface area contributed by atoms with Crippen LogP contribution in [0.4, 0.5) is 0 Å². The maximum Gasteiger partial charge on any atom is 0.206 e. The Hall–Kier alpha value is -1.37. The fourth-order valence-electron chi connectivity index (χ4n) is 11.9. The molecule has 0 radical (unpaired) electrons. The van der Waals surface area contributed by atoms with Gasteiger partial charge in [-0.2, -0.15) is 0 Å². The summed E-state index contributed by atoms with van der Waals surface area (Å²) in [5, 5.41) is 33.7. The van der Waals surface area contributed by atoms with Crippen molar-refractivity contribution in [3.8, 4) is 0 Å². The van der Waals surface area contributed by atoms with E-state index in [1.54, 1.807) is 12.5 Å². The van der Waals surface area contributed by atoms with Gasteiger partial charge >= 0.3 is 0 Å². The van der Waals surface area contributed by atoms with Gasteiger partial charge in [0.1, 0.15) is 0 Å². The predicted molar refractivity (Wildman–Crippen MR) is 160 cm³/mol. The highest BCUT2D eigenvalue weighted by Crippen LogP contribution is 2.75. The van der Waals surface area contributed by atoms with Gasteiger partial charge in [0.2, 0.25) is 6.29 Å². The number of aliphatic hydroxyl groups is 2. The van der Waals surface area contributed by atoms with Crippen LogP contribution in [0.25, 0.3) is 0 Å². The van der Waals surface area contributed by atoms with Crippen molar-refractivity contribution in [3.63, 3.8) is 0 Å². The molecular formula is C36H55O6-. The summed E-state index contributed by atoms with van der Waals surface area (Å²) < 4.78 is 12.6. The molecule has 6 unspecified atom stereocenters. The molecule has 0 saturated heterocycles. The topological polar surface area (TPSA) is 99.1 Å². The minimum atomic E-state index is -0.695. The maximum atomic E-state index is 12.4. The lowest BCUT2D eigenvalue weighted by Crippen LogP contribution is -2.66. The van der Waals surface area contributed by atoms with Gasteiger partial charge in [0.25, 0.3) is 0 Å². The van der Waals surface area contributed by atoms with Gasteiger partial charge in [0.15, 0.2) is 5.78 Å². The molecule has 4 fully saturated rings. The SMILES string of the molecule is CC1=C([O-])C(=O)CC(OC2CC(C)(C)CC3C4=CCC5[C@@]6(C)CCC(O)[C@](C)(CO)C6CC[C@@]5(C)[C@]4(C)CC[C@@]23C)O1. The average Bonchev–Trinajstić information content (AvgIpc) is 2.91. The molecule has 6 heteroatoms. The van der Waals surface area contributed by atoms with Crippen molar-refractivity contribution in [1.82, 2.24) is 0 Å². The molecule has 0 spiro atoms. The standard InChI is InChI=1S/C36H56O6/c1-21-30(40)24(38)17-29(41-21)42-28-19-31(2,3)18-23-22-9-10-26-33(5)13-12-27(39)34(6,20-37)25(33)11-14-36(26,8)35(22,7)16-15-32(23,28)4/h9,23,25-29,37,39-40H,10-20H2,1-8H3/p-1/t23?,25?,26?,27?,28?,29?,32-,33+,34-,35-,36-/m1/s1. The molecule has 4 saturated carbocycles. The Morgan fingerprint density at radius 2 is 1.69 bits per heavy atom. The molecule has 1 heterocycles. The van der Waals surface area contributed by atoms with Gasteiger partial charge in [-0.05, 0) is 110 Å². The summed E-state index contributed by atoms with van der Waals surface area (Å²) >= 11 is 0. The summed E-state index contributed by atoms with van der Waals surface area (Å²) in [6, 6.07) is 0. The monoisotopic (exact) mass is 583 g/mol. The Morgan fingerprint density at radius 3 is 2.36 bits per heavy atom. The molecule has 0 aromatic carbocycles. The highest BCUT2D eigenvalue weighted by Gasteiger charge is 2.69. The number of hydrogen-bond donors (Lipinski definition) is 2. The molecular weight excluding hydrogens is 528 g/mol. The number of carbonyl (C=O) groups is 1. The van der Waals surface area contributed by atoms with Crippen molar-refractivity contribution < 1.29 is 29.6 Å². The van der Waals surface area contributed by atoms with E-state index < -0.39 is 29.4 Å². The van der Waals surface area contributed by atoms with Crippen molar-refractivity contribution in [2.45, 2.75) is 138 Å². The van der Waals surface area contributed by atoms with E-state index >= 15 is 0 Å². The highest BCUT2D eigenvalue weighted by atomic mass is 16.7. The van der Waals surface area contributed by atoms with Crippen LogP contribution in [-0.4, -0.2) is 41.1 Å². The van der Waals surface area contributed by atoms with Crippen molar-refractivity contribution in [1.29, 1.82) is 0 Å². The minimum absolute atomic E-state index is 0.00474. The van der Waals surface area contributed by atoms with E-state index in [0.29, 0.717) is 17.8 Å². The number of carbonyl (C=O) groups excluding carboxylic acids is 1. The zero-order valence-corrected chi connectivity index (χ0v) is 27.3. The number of allylic oxidation sites excluding steroid dienone is 4. The summed E-state index contributed by atoms with van der Waals surface area (Å²) in [5.41, 5.74) is 1.49. The normalized spacial score (nSPS) is 51.9. The lowest BCUT2D eigenvalue weighted by Gasteiger charge is -2.71. The third-order valence-corrected chi connectivity index (χ3v) is 14.8. The molecule has 6 rings (SSSR count).